The minimum Gasteiger partial charge on any atom is -0.478 e. The van der Waals surface area contributed by atoms with Crippen LogP contribution < -0.4 is 10.5 Å². The largest absolute Gasteiger partial charge is 0.478 e. The van der Waals surface area contributed by atoms with Crippen molar-refractivity contribution in [3.63, 3.8) is 0 Å². The minimum absolute atomic E-state index is 0.0356. The molecule has 1 heterocycles. The molecular weight excluding hydrogens is 326 g/mol. The maximum absolute atomic E-state index is 11.7. The molecule has 0 bridgehead atoms. The highest BCUT2D eigenvalue weighted by Gasteiger charge is 2.17. The number of carboxylic acid groups (broad SMARTS) is 1. The van der Waals surface area contributed by atoms with E-state index in [-0.39, 0.29) is 34.2 Å². The molecule has 120 valence electrons. The van der Waals surface area contributed by atoms with Gasteiger partial charge in [-0.15, -0.1) is 11.8 Å². The molecule has 0 atom stereocenters. The predicted octanol–water partition coefficient (Wildman–Crippen LogP) is 0.705. The van der Waals surface area contributed by atoms with Gasteiger partial charge in [0.1, 0.15) is 17.0 Å². The van der Waals surface area contributed by atoms with E-state index < -0.39 is 17.8 Å². The highest BCUT2D eigenvalue weighted by Crippen LogP contribution is 2.19. The number of aromatic carboxylic acids is 1. The molecular formula is C13H11N3O6S. The molecule has 0 aliphatic heterocycles. The third kappa shape index (κ3) is 4.30. The van der Waals surface area contributed by atoms with Crippen molar-refractivity contribution < 1.29 is 28.9 Å². The molecule has 0 saturated carbocycles. The van der Waals surface area contributed by atoms with Crippen molar-refractivity contribution in [2.24, 2.45) is 5.73 Å². The number of nitrogens with zero attached hydrogens (tertiary/aromatic N) is 2. The predicted molar refractivity (Wildman–Crippen MR) is 78.0 cm³/mol. The molecule has 0 saturated heterocycles. The number of hydrogen-bond donors (Lipinski definition) is 2. The molecule has 3 N–H and O–H groups in total. The summed E-state index contributed by atoms with van der Waals surface area (Å²) in [6.07, 6.45) is 0. The summed E-state index contributed by atoms with van der Waals surface area (Å²) in [4.78, 5) is 33.8. The summed E-state index contributed by atoms with van der Waals surface area (Å²) in [5, 5.41) is 15.9. The number of esters is 1. The van der Waals surface area contributed by atoms with Crippen LogP contribution in [0.1, 0.15) is 26.5 Å². The molecule has 0 aliphatic rings. The third-order valence-electron chi connectivity index (χ3n) is 2.59. The summed E-state index contributed by atoms with van der Waals surface area (Å²) < 4.78 is 9.42. The normalized spacial score (nSPS) is 10.3. The molecule has 2 aromatic rings. The maximum Gasteiger partial charge on any atom is 0.339 e. The van der Waals surface area contributed by atoms with Gasteiger partial charge in [-0.2, -0.15) is 0 Å². The Labute approximate surface area is 133 Å². The summed E-state index contributed by atoms with van der Waals surface area (Å²) in [7, 11) is 0. The lowest BCUT2D eigenvalue weighted by Gasteiger charge is -2.06. The number of nitrogens with two attached hydrogens (primary N) is 1. The first-order valence-corrected chi connectivity index (χ1v) is 7.36. The van der Waals surface area contributed by atoms with E-state index in [1.807, 2.05) is 0 Å². The number of amides is 1. The van der Waals surface area contributed by atoms with E-state index in [0.717, 1.165) is 11.8 Å². The van der Waals surface area contributed by atoms with E-state index in [0.29, 0.717) is 0 Å². The SMILES string of the molecule is NC(=O)c1nonc1CSCC(=O)Oc1ccccc1C(=O)O. The molecule has 9 nitrogen and oxygen atoms in total. The van der Waals surface area contributed by atoms with Crippen LogP contribution >= 0.6 is 11.8 Å². The van der Waals surface area contributed by atoms with Gasteiger partial charge in [0.15, 0.2) is 5.69 Å². The van der Waals surface area contributed by atoms with Crippen LogP contribution in [-0.2, 0) is 10.5 Å². The van der Waals surface area contributed by atoms with Crippen molar-refractivity contribution in [2.45, 2.75) is 5.75 Å². The van der Waals surface area contributed by atoms with Crippen LogP contribution in [0.15, 0.2) is 28.9 Å². The number of hydrogen-bond acceptors (Lipinski definition) is 8. The Balaban J connectivity index is 1.90. The van der Waals surface area contributed by atoms with Crippen molar-refractivity contribution in [1.29, 1.82) is 0 Å². The fraction of sp³-hybridized carbons (Fsp3) is 0.154. The first-order valence-electron chi connectivity index (χ1n) is 6.21. The Kier molecular flexibility index (Phi) is 5.31. The monoisotopic (exact) mass is 337 g/mol. The van der Waals surface area contributed by atoms with Crippen molar-refractivity contribution in [1.82, 2.24) is 10.3 Å². The van der Waals surface area contributed by atoms with E-state index in [2.05, 4.69) is 14.9 Å². The second-order valence-electron chi connectivity index (χ2n) is 4.19. The molecule has 1 aromatic carbocycles. The van der Waals surface area contributed by atoms with Crippen LogP contribution in [-0.4, -0.2) is 39.0 Å². The van der Waals surface area contributed by atoms with Gasteiger partial charge in [0.2, 0.25) is 0 Å². The van der Waals surface area contributed by atoms with Crippen molar-refractivity contribution in [2.75, 3.05) is 5.75 Å². The first kappa shape index (κ1) is 16.5. The smallest absolute Gasteiger partial charge is 0.339 e. The summed E-state index contributed by atoms with van der Waals surface area (Å²) in [5.41, 5.74) is 5.10. The average molecular weight is 337 g/mol. The van der Waals surface area contributed by atoms with Crippen LogP contribution in [0.5, 0.6) is 5.75 Å². The molecule has 10 heteroatoms. The fourth-order valence-corrected chi connectivity index (χ4v) is 2.31. The standard InChI is InChI=1S/C13H11N3O6S/c14-12(18)11-8(15-22-16-11)5-23-6-10(17)21-9-4-2-1-3-7(9)13(19)20/h1-4H,5-6H2,(H2,14,18)(H,19,20). The van der Waals surface area contributed by atoms with Gasteiger partial charge in [-0.3, -0.25) is 9.59 Å². The number of benzene rings is 1. The number of para-hydroxylation sites is 1. The molecule has 0 aliphatic carbocycles. The van der Waals surface area contributed by atoms with Crippen LogP contribution in [0.3, 0.4) is 0 Å². The van der Waals surface area contributed by atoms with Crippen molar-refractivity contribution >= 4 is 29.6 Å². The highest BCUT2D eigenvalue weighted by molar-refractivity contribution is 7.99. The Morgan fingerprint density at radius 2 is 2.00 bits per heavy atom. The molecule has 0 spiro atoms. The maximum atomic E-state index is 11.7. The van der Waals surface area contributed by atoms with Gasteiger partial charge >= 0.3 is 11.9 Å². The Morgan fingerprint density at radius 1 is 1.26 bits per heavy atom. The van der Waals surface area contributed by atoms with E-state index in [1.165, 1.54) is 18.2 Å². The quantitative estimate of drug-likeness (QED) is 0.550. The highest BCUT2D eigenvalue weighted by atomic mass is 32.2. The van der Waals surface area contributed by atoms with Crippen LogP contribution in [0.4, 0.5) is 0 Å². The Hall–Kier alpha value is -2.88. The summed E-state index contributed by atoms with van der Waals surface area (Å²) in [6.45, 7) is 0. The minimum atomic E-state index is -1.19. The molecule has 0 unspecified atom stereocenters. The fourth-order valence-electron chi connectivity index (χ4n) is 1.60. The average Bonchev–Trinajstić information content (AvgIpc) is 2.96. The Morgan fingerprint density at radius 3 is 2.70 bits per heavy atom. The zero-order valence-electron chi connectivity index (χ0n) is 11.6. The van der Waals surface area contributed by atoms with Gasteiger partial charge in [-0.1, -0.05) is 17.3 Å². The van der Waals surface area contributed by atoms with E-state index in [1.54, 1.807) is 6.07 Å². The summed E-state index contributed by atoms with van der Waals surface area (Å²) in [5.74, 6) is -2.57. The second-order valence-corrected chi connectivity index (χ2v) is 5.18. The van der Waals surface area contributed by atoms with Gasteiger partial charge in [0.05, 0.1) is 5.75 Å². The van der Waals surface area contributed by atoms with Crippen molar-refractivity contribution in [3.05, 3.63) is 41.2 Å². The molecule has 1 amide bonds. The van der Waals surface area contributed by atoms with Gasteiger partial charge < -0.3 is 15.6 Å². The van der Waals surface area contributed by atoms with Gasteiger partial charge in [0, 0.05) is 5.75 Å². The van der Waals surface area contributed by atoms with Gasteiger partial charge in [0.25, 0.3) is 5.91 Å². The molecule has 0 fully saturated rings. The second kappa shape index (κ2) is 7.40. The zero-order chi connectivity index (χ0) is 16.8. The van der Waals surface area contributed by atoms with Crippen molar-refractivity contribution in [3.8, 4) is 5.75 Å². The summed E-state index contributed by atoms with van der Waals surface area (Å²) in [6, 6.07) is 5.80. The molecule has 2 rings (SSSR count). The molecule has 23 heavy (non-hydrogen) atoms. The number of primary amides is 1. The van der Waals surface area contributed by atoms with Crippen LogP contribution in [0, 0.1) is 0 Å². The topological polar surface area (TPSA) is 146 Å². The van der Waals surface area contributed by atoms with Gasteiger partial charge in [-0.25, -0.2) is 9.42 Å². The van der Waals surface area contributed by atoms with E-state index >= 15 is 0 Å². The lowest BCUT2D eigenvalue weighted by Crippen LogP contribution is -2.15. The number of carbonyl (C=O) groups is 3. The number of thioether (sulfide) groups is 1. The number of aromatic nitrogens is 2. The van der Waals surface area contributed by atoms with E-state index in [9.17, 15) is 14.4 Å². The lowest BCUT2D eigenvalue weighted by molar-refractivity contribution is -0.131. The number of carboxylic acids is 1. The first-order chi connectivity index (χ1) is 11.0. The third-order valence-corrected chi connectivity index (χ3v) is 3.51. The summed E-state index contributed by atoms with van der Waals surface area (Å²) >= 11 is 1.09. The van der Waals surface area contributed by atoms with Gasteiger partial charge in [-0.05, 0) is 17.3 Å². The lowest BCUT2D eigenvalue weighted by atomic mass is 10.2. The number of rotatable bonds is 7. The van der Waals surface area contributed by atoms with Crippen LogP contribution in [0.25, 0.3) is 0 Å². The molecule has 1 aromatic heterocycles. The molecule has 0 radical (unpaired) electrons. The Bertz CT molecular complexity index is 745. The zero-order valence-corrected chi connectivity index (χ0v) is 12.4. The van der Waals surface area contributed by atoms with Crippen LogP contribution in [0.2, 0.25) is 0 Å². The number of ether oxygens (including phenoxy) is 1. The van der Waals surface area contributed by atoms with E-state index in [4.69, 9.17) is 15.6 Å². The number of carbonyl (C=O) groups excluding carboxylic acids is 2.